The molecule has 0 unspecified atom stereocenters. The van der Waals surface area contributed by atoms with Gasteiger partial charge in [0.1, 0.15) is 12.3 Å². The average molecular weight is 347 g/mol. The number of nitrogens with one attached hydrogen (secondary N) is 1. The first-order chi connectivity index (χ1) is 12.7. The molecule has 4 aromatic rings. The van der Waals surface area contributed by atoms with Crippen LogP contribution in [0.5, 0.6) is 5.75 Å². The Hall–Kier alpha value is -3.48. The van der Waals surface area contributed by atoms with Crippen molar-refractivity contribution in [2.75, 3.05) is 6.61 Å². The maximum atomic E-state index is 12.6. The highest BCUT2D eigenvalue weighted by Crippen LogP contribution is 2.20. The van der Waals surface area contributed by atoms with Gasteiger partial charge in [-0.15, -0.1) is 10.2 Å². The van der Waals surface area contributed by atoms with Gasteiger partial charge in [0.2, 0.25) is 5.82 Å². The Morgan fingerprint density at radius 3 is 2.77 bits per heavy atom. The zero-order valence-electron chi connectivity index (χ0n) is 14.2. The smallest absolute Gasteiger partial charge is 0.204 e. The van der Waals surface area contributed by atoms with Crippen molar-refractivity contribution < 1.29 is 9.53 Å². The molecule has 0 bridgehead atoms. The maximum absolute atomic E-state index is 12.6. The second-order valence-electron chi connectivity index (χ2n) is 5.77. The van der Waals surface area contributed by atoms with Gasteiger partial charge in [-0.05, 0) is 42.5 Å². The third-order valence-corrected chi connectivity index (χ3v) is 4.05. The fraction of sp³-hybridized carbons (Fsp3) is 0.158. The zero-order chi connectivity index (χ0) is 17.9. The molecule has 0 saturated carbocycles. The van der Waals surface area contributed by atoms with Crippen LogP contribution in [-0.4, -0.2) is 37.6 Å². The molecule has 26 heavy (non-hydrogen) atoms. The number of fused-ring (bicyclic) bond motifs is 1. The van der Waals surface area contributed by atoms with Crippen molar-refractivity contribution in [3.05, 3.63) is 60.3 Å². The molecular weight excluding hydrogens is 330 g/mol. The third-order valence-electron chi connectivity index (χ3n) is 4.05. The number of carbonyl (C=O) groups is 1. The molecule has 0 spiro atoms. The molecule has 4 rings (SSSR count). The number of para-hydroxylation sites is 1. The van der Waals surface area contributed by atoms with Crippen molar-refractivity contribution in [3.63, 3.8) is 0 Å². The van der Waals surface area contributed by atoms with E-state index in [1.807, 2.05) is 55.5 Å². The largest absolute Gasteiger partial charge is 0.494 e. The van der Waals surface area contributed by atoms with Crippen molar-refractivity contribution in [2.45, 2.75) is 13.5 Å². The summed E-state index contributed by atoms with van der Waals surface area (Å²) >= 11 is 0. The van der Waals surface area contributed by atoms with Crippen LogP contribution in [0.1, 0.15) is 17.3 Å². The third kappa shape index (κ3) is 3.06. The fourth-order valence-electron chi connectivity index (χ4n) is 2.81. The van der Waals surface area contributed by atoms with Crippen molar-refractivity contribution in [2.24, 2.45) is 0 Å². The first-order valence-corrected chi connectivity index (χ1v) is 8.35. The molecular formula is C19H17N5O2. The van der Waals surface area contributed by atoms with Gasteiger partial charge in [-0.3, -0.25) is 4.79 Å². The van der Waals surface area contributed by atoms with Crippen LogP contribution in [0.2, 0.25) is 0 Å². The van der Waals surface area contributed by atoms with Crippen LogP contribution in [0.4, 0.5) is 0 Å². The van der Waals surface area contributed by atoms with Crippen molar-refractivity contribution >= 4 is 16.7 Å². The summed E-state index contributed by atoms with van der Waals surface area (Å²) in [6, 6.07) is 15.1. The predicted octanol–water partition coefficient (Wildman–Crippen LogP) is 3.10. The monoisotopic (exact) mass is 347 g/mol. The number of aromatic amines is 1. The zero-order valence-corrected chi connectivity index (χ0v) is 14.2. The highest BCUT2D eigenvalue weighted by atomic mass is 16.5. The molecule has 0 saturated heterocycles. The minimum atomic E-state index is -0.0712. The standard InChI is InChI=1S/C19H17N5O2/c1-2-26-14-9-7-13(8-10-14)19-21-23-24(22-19)12-18(25)16-11-20-17-6-4-3-5-15(16)17/h3-11,20H,2,12H2,1H3. The summed E-state index contributed by atoms with van der Waals surface area (Å²) in [6.45, 7) is 2.58. The molecule has 2 heterocycles. The van der Waals surface area contributed by atoms with Gasteiger partial charge < -0.3 is 9.72 Å². The Kier molecular flexibility index (Phi) is 4.18. The molecule has 2 aromatic heterocycles. The first-order valence-electron chi connectivity index (χ1n) is 8.35. The van der Waals surface area contributed by atoms with Crippen LogP contribution in [0.25, 0.3) is 22.3 Å². The summed E-state index contributed by atoms with van der Waals surface area (Å²) in [5, 5.41) is 13.2. The van der Waals surface area contributed by atoms with E-state index in [9.17, 15) is 4.79 Å². The number of carbonyl (C=O) groups excluding carboxylic acids is 1. The number of Topliss-reactive ketones (excluding diaryl/α,β-unsaturated/α-hetero) is 1. The highest BCUT2D eigenvalue weighted by Gasteiger charge is 2.14. The number of rotatable bonds is 6. The van der Waals surface area contributed by atoms with Crippen LogP contribution in [-0.2, 0) is 6.54 Å². The Morgan fingerprint density at radius 1 is 1.15 bits per heavy atom. The van der Waals surface area contributed by atoms with Crippen LogP contribution < -0.4 is 4.74 Å². The van der Waals surface area contributed by atoms with Gasteiger partial charge in [0.15, 0.2) is 5.78 Å². The molecule has 0 radical (unpaired) electrons. The number of nitrogens with zero attached hydrogens (tertiary/aromatic N) is 4. The van der Waals surface area contributed by atoms with Crippen LogP contribution in [0.15, 0.2) is 54.7 Å². The Bertz CT molecular complexity index is 1050. The molecule has 0 atom stereocenters. The molecule has 0 aliphatic carbocycles. The minimum Gasteiger partial charge on any atom is -0.494 e. The number of ether oxygens (including phenoxy) is 1. The normalized spacial score (nSPS) is 11.0. The van der Waals surface area contributed by atoms with Gasteiger partial charge in [-0.1, -0.05) is 18.2 Å². The second-order valence-corrected chi connectivity index (χ2v) is 5.77. The molecule has 130 valence electrons. The van der Waals surface area contributed by atoms with E-state index in [-0.39, 0.29) is 12.3 Å². The van der Waals surface area contributed by atoms with E-state index < -0.39 is 0 Å². The predicted molar refractivity (Wildman–Crippen MR) is 97.1 cm³/mol. The lowest BCUT2D eigenvalue weighted by atomic mass is 10.1. The summed E-state index contributed by atoms with van der Waals surface area (Å²) < 4.78 is 5.42. The number of H-pyrrole nitrogens is 1. The molecule has 0 amide bonds. The number of tetrazole rings is 1. The van der Waals surface area contributed by atoms with Gasteiger partial charge in [0, 0.05) is 28.2 Å². The minimum absolute atomic E-state index is 0.0336. The lowest BCUT2D eigenvalue weighted by Gasteiger charge is -2.02. The van der Waals surface area contributed by atoms with Crippen LogP contribution >= 0.6 is 0 Å². The summed E-state index contributed by atoms with van der Waals surface area (Å²) in [6.07, 6.45) is 1.72. The van der Waals surface area contributed by atoms with Gasteiger partial charge in [-0.2, -0.15) is 4.80 Å². The number of ketones is 1. The number of aromatic nitrogens is 5. The summed E-state index contributed by atoms with van der Waals surface area (Å²) in [4.78, 5) is 17.0. The van der Waals surface area contributed by atoms with E-state index in [4.69, 9.17) is 4.74 Å². The summed E-state index contributed by atoms with van der Waals surface area (Å²) in [5.41, 5.74) is 2.37. The molecule has 0 fully saturated rings. The van der Waals surface area contributed by atoms with E-state index in [0.29, 0.717) is 18.0 Å². The summed E-state index contributed by atoms with van der Waals surface area (Å²) in [7, 11) is 0. The summed E-state index contributed by atoms with van der Waals surface area (Å²) in [5.74, 6) is 1.19. The highest BCUT2D eigenvalue weighted by molar-refractivity contribution is 6.07. The van der Waals surface area contributed by atoms with Crippen LogP contribution in [0.3, 0.4) is 0 Å². The van der Waals surface area contributed by atoms with Gasteiger partial charge in [-0.25, -0.2) is 0 Å². The first kappa shape index (κ1) is 16.0. The number of hydrogen-bond acceptors (Lipinski definition) is 5. The van der Waals surface area contributed by atoms with E-state index in [0.717, 1.165) is 22.2 Å². The molecule has 7 heteroatoms. The molecule has 7 nitrogen and oxygen atoms in total. The van der Waals surface area contributed by atoms with Gasteiger partial charge in [0.05, 0.1) is 6.61 Å². The van der Waals surface area contributed by atoms with E-state index in [1.165, 1.54) is 4.80 Å². The average Bonchev–Trinajstić information content (AvgIpc) is 3.29. The number of benzene rings is 2. The van der Waals surface area contributed by atoms with E-state index in [2.05, 4.69) is 20.4 Å². The fourth-order valence-corrected chi connectivity index (χ4v) is 2.81. The molecule has 0 aliphatic heterocycles. The van der Waals surface area contributed by atoms with Gasteiger partial charge in [0.25, 0.3) is 0 Å². The molecule has 0 aliphatic rings. The topological polar surface area (TPSA) is 85.7 Å². The van der Waals surface area contributed by atoms with Crippen molar-refractivity contribution in [3.8, 4) is 17.1 Å². The molecule has 1 N–H and O–H groups in total. The lowest BCUT2D eigenvalue weighted by molar-refractivity contribution is 0.0963. The maximum Gasteiger partial charge on any atom is 0.204 e. The van der Waals surface area contributed by atoms with Crippen molar-refractivity contribution in [1.82, 2.24) is 25.2 Å². The lowest BCUT2D eigenvalue weighted by Crippen LogP contribution is -2.13. The Balaban J connectivity index is 1.52. The Morgan fingerprint density at radius 2 is 1.96 bits per heavy atom. The van der Waals surface area contributed by atoms with Crippen LogP contribution in [0, 0.1) is 0 Å². The van der Waals surface area contributed by atoms with Crippen molar-refractivity contribution in [1.29, 1.82) is 0 Å². The molecule has 2 aromatic carbocycles. The van der Waals surface area contributed by atoms with E-state index >= 15 is 0 Å². The Labute approximate surface area is 149 Å². The number of hydrogen-bond donors (Lipinski definition) is 1. The van der Waals surface area contributed by atoms with E-state index in [1.54, 1.807) is 6.20 Å². The SMILES string of the molecule is CCOc1ccc(-c2nnn(CC(=O)c3c[nH]c4ccccc34)n2)cc1. The van der Waals surface area contributed by atoms with Gasteiger partial charge >= 0.3 is 0 Å². The quantitative estimate of drug-likeness (QED) is 0.542. The second kappa shape index (κ2) is 6.79.